The summed E-state index contributed by atoms with van der Waals surface area (Å²) in [5, 5.41) is 7.08. The quantitative estimate of drug-likeness (QED) is 0.167. The summed E-state index contributed by atoms with van der Waals surface area (Å²) < 4.78 is 2.41. The molecule has 0 spiro atoms. The molecule has 0 N–H and O–H groups in total. The maximum Gasteiger partial charge on any atom is 0.164 e. The fourth-order valence-electron chi connectivity index (χ4n) is 10.4. The van der Waals surface area contributed by atoms with Gasteiger partial charge in [-0.05, 0) is 109 Å². The first kappa shape index (κ1) is 38.0. The molecule has 0 aliphatic heterocycles. The van der Waals surface area contributed by atoms with Gasteiger partial charge in [-0.2, -0.15) is 0 Å². The number of hydrogen-bond donors (Lipinski definition) is 0. The third kappa shape index (κ3) is 6.10. The predicted octanol–water partition coefficient (Wildman–Crippen LogP) is 15.9. The van der Waals surface area contributed by atoms with Crippen LogP contribution >= 0.6 is 0 Å². The highest BCUT2D eigenvalue weighted by atomic mass is 15.0. The number of nitrogens with zero attached hydrogens (tertiary/aromatic N) is 4. The minimum Gasteiger partial charge on any atom is -0.309 e. The predicted molar refractivity (Wildman–Crippen MR) is 274 cm³/mol. The van der Waals surface area contributed by atoms with E-state index < -0.39 is 0 Å². The number of hydrogen-bond acceptors (Lipinski definition) is 3. The summed E-state index contributed by atoms with van der Waals surface area (Å²) >= 11 is 0. The van der Waals surface area contributed by atoms with E-state index >= 15 is 0 Å². The van der Waals surface area contributed by atoms with Crippen molar-refractivity contribution in [3.8, 4) is 73.2 Å². The number of rotatable bonds is 6. The van der Waals surface area contributed by atoms with E-state index in [9.17, 15) is 0 Å². The number of benzene rings is 10. The van der Waals surface area contributed by atoms with Crippen LogP contribution in [0.2, 0.25) is 0 Å². The molecule has 0 saturated carbocycles. The van der Waals surface area contributed by atoms with Gasteiger partial charge in [0.2, 0.25) is 0 Å². The number of aromatic nitrogens is 4. The summed E-state index contributed by atoms with van der Waals surface area (Å²) in [5.41, 5.74) is 16.4. The van der Waals surface area contributed by atoms with E-state index in [4.69, 9.17) is 15.0 Å². The lowest BCUT2D eigenvalue weighted by Crippen LogP contribution is -2.14. The number of fused-ring (bicyclic) bond motifs is 8. The molecule has 13 rings (SSSR count). The average molecular weight is 843 g/mol. The Hall–Kier alpha value is -8.47. The van der Waals surface area contributed by atoms with Crippen LogP contribution in [-0.4, -0.2) is 19.5 Å². The van der Waals surface area contributed by atoms with Crippen molar-refractivity contribution in [3.05, 3.63) is 230 Å². The van der Waals surface area contributed by atoms with E-state index in [2.05, 4.69) is 237 Å². The average Bonchev–Trinajstić information content (AvgIpc) is 3.84. The van der Waals surface area contributed by atoms with Crippen LogP contribution in [0, 0.1) is 0 Å². The van der Waals surface area contributed by atoms with Crippen molar-refractivity contribution in [2.45, 2.75) is 19.3 Å². The van der Waals surface area contributed by atoms with Crippen molar-refractivity contribution in [2.24, 2.45) is 0 Å². The van der Waals surface area contributed by atoms with E-state index in [1.807, 2.05) is 0 Å². The standard InChI is InChI=1S/C62H42N4/c1-62(2)55-20-9-7-16-51(55)52-35-32-46(38-56(52)62)41-22-26-42(27-23-41)50-18-11-19-54-53-17-8-10-21-57(53)66(58(50)54)49-33-30-43(31-34-49)59-63-60(47-28-24-39-12-3-5-14-44(39)36-47)65-61(64-59)48-29-25-40-13-4-6-15-45(40)37-48/h3-38H,1-2H3. The Labute approximate surface area is 383 Å². The van der Waals surface area contributed by atoms with Crippen LogP contribution in [0.5, 0.6) is 0 Å². The molecule has 0 fully saturated rings. The lowest BCUT2D eigenvalue weighted by atomic mass is 9.81. The largest absolute Gasteiger partial charge is 0.309 e. The molecule has 12 aromatic rings. The lowest BCUT2D eigenvalue weighted by molar-refractivity contribution is 0.660. The second-order valence-corrected chi connectivity index (χ2v) is 18.0. The highest BCUT2D eigenvalue weighted by Gasteiger charge is 2.35. The van der Waals surface area contributed by atoms with E-state index in [1.165, 1.54) is 71.6 Å². The molecule has 0 amide bonds. The molecule has 0 saturated heterocycles. The van der Waals surface area contributed by atoms with Gasteiger partial charge in [-0.1, -0.05) is 184 Å². The molecule has 4 nitrogen and oxygen atoms in total. The van der Waals surface area contributed by atoms with E-state index in [1.54, 1.807) is 0 Å². The van der Waals surface area contributed by atoms with Gasteiger partial charge in [-0.15, -0.1) is 0 Å². The highest BCUT2D eigenvalue weighted by molar-refractivity contribution is 6.14. The Morgan fingerprint density at radius 2 is 0.833 bits per heavy atom. The minimum atomic E-state index is -0.0455. The van der Waals surface area contributed by atoms with Gasteiger partial charge in [0.05, 0.1) is 11.0 Å². The van der Waals surface area contributed by atoms with Crippen molar-refractivity contribution in [3.63, 3.8) is 0 Å². The Morgan fingerprint density at radius 3 is 1.53 bits per heavy atom. The first-order valence-electron chi connectivity index (χ1n) is 22.7. The smallest absolute Gasteiger partial charge is 0.164 e. The summed E-state index contributed by atoms with van der Waals surface area (Å²) in [6, 6.07) is 78.7. The fourth-order valence-corrected chi connectivity index (χ4v) is 10.4. The third-order valence-corrected chi connectivity index (χ3v) is 13.8. The first-order valence-corrected chi connectivity index (χ1v) is 22.7. The molecule has 2 heterocycles. The van der Waals surface area contributed by atoms with Gasteiger partial charge in [-0.25, -0.2) is 15.0 Å². The van der Waals surface area contributed by atoms with E-state index in [0.717, 1.165) is 38.7 Å². The Bertz CT molecular complexity index is 3800. The molecular weight excluding hydrogens is 801 g/mol. The van der Waals surface area contributed by atoms with Crippen LogP contribution < -0.4 is 0 Å². The summed E-state index contributed by atoms with van der Waals surface area (Å²) in [7, 11) is 0. The first-order chi connectivity index (χ1) is 32.4. The molecule has 310 valence electrons. The summed E-state index contributed by atoms with van der Waals surface area (Å²) in [6.45, 7) is 4.69. The Balaban J connectivity index is 0.901. The van der Waals surface area contributed by atoms with Gasteiger partial charge in [0.25, 0.3) is 0 Å². The minimum absolute atomic E-state index is 0.0455. The Kier molecular flexibility index (Phi) is 8.53. The summed E-state index contributed by atoms with van der Waals surface area (Å²) in [5.74, 6) is 1.91. The van der Waals surface area contributed by atoms with Crippen LogP contribution in [0.25, 0.3) is 117 Å². The van der Waals surface area contributed by atoms with Gasteiger partial charge in [0.1, 0.15) is 0 Å². The maximum atomic E-state index is 5.15. The zero-order valence-electron chi connectivity index (χ0n) is 36.6. The second kappa shape index (κ2) is 14.8. The molecular formula is C62H42N4. The van der Waals surface area contributed by atoms with Crippen LogP contribution in [0.1, 0.15) is 25.0 Å². The van der Waals surface area contributed by atoms with Gasteiger partial charge >= 0.3 is 0 Å². The van der Waals surface area contributed by atoms with Crippen molar-refractivity contribution in [1.29, 1.82) is 0 Å². The molecule has 0 atom stereocenters. The topological polar surface area (TPSA) is 43.6 Å². The van der Waals surface area contributed by atoms with Gasteiger partial charge in [0, 0.05) is 44.1 Å². The van der Waals surface area contributed by atoms with E-state index in [-0.39, 0.29) is 5.41 Å². The monoisotopic (exact) mass is 842 g/mol. The Morgan fingerprint density at radius 1 is 0.333 bits per heavy atom. The van der Waals surface area contributed by atoms with E-state index in [0.29, 0.717) is 17.5 Å². The molecule has 10 aromatic carbocycles. The summed E-state index contributed by atoms with van der Waals surface area (Å²) in [6.07, 6.45) is 0. The summed E-state index contributed by atoms with van der Waals surface area (Å²) in [4.78, 5) is 15.4. The molecule has 66 heavy (non-hydrogen) atoms. The molecule has 4 heteroatoms. The van der Waals surface area contributed by atoms with Gasteiger partial charge < -0.3 is 4.57 Å². The van der Waals surface area contributed by atoms with Crippen molar-refractivity contribution in [1.82, 2.24) is 19.5 Å². The van der Waals surface area contributed by atoms with Crippen molar-refractivity contribution in [2.75, 3.05) is 0 Å². The van der Waals surface area contributed by atoms with Crippen molar-refractivity contribution >= 4 is 43.4 Å². The zero-order chi connectivity index (χ0) is 43.9. The molecule has 2 aromatic heterocycles. The van der Waals surface area contributed by atoms with Crippen molar-refractivity contribution < 1.29 is 0 Å². The maximum absolute atomic E-state index is 5.15. The number of para-hydroxylation sites is 2. The zero-order valence-corrected chi connectivity index (χ0v) is 36.6. The highest BCUT2D eigenvalue weighted by Crippen LogP contribution is 2.49. The van der Waals surface area contributed by atoms with Crippen LogP contribution in [0.3, 0.4) is 0 Å². The van der Waals surface area contributed by atoms with Crippen LogP contribution in [-0.2, 0) is 5.41 Å². The third-order valence-electron chi connectivity index (χ3n) is 13.8. The second-order valence-electron chi connectivity index (χ2n) is 18.0. The normalized spacial score (nSPS) is 12.8. The molecule has 1 aliphatic rings. The molecule has 0 unspecified atom stereocenters. The molecule has 1 aliphatic carbocycles. The SMILES string of the molecule is CC1(C)c2ccccc2-c2ccc(-c3ccc(-c4cccc5c6ccccc6n(-c6ccc(-c7nc(-c8ccc9ccccc9c8)nc(-c8ccc9ccccc9c8)n7)cc6)c45)cc3)cc21. The lowest BCUT2D eigenvalue weighted by Gasteiger charge is -2.22. The van der Waals surface area contributed by atoms with Gasteiger partial charge in [0.15, 0.2) is 17.5 Å². The molecule has 0 bridgehead atoms. The molecule has 0 radical (unpaired) electrons. The van der Waals surface area contributed by atoms with Crippen LogP contribution in [0.15, 0.2) is 218 Å². The fraction of sp³-hybridized carbons (Fsp3) is 0.0484. The van der Waals surface area contributed by atoms with Gasteiger partial charge in [-0.3, -0.25) is 0 Å². The van der Waals surface area contributed by atoms with Crippen LogP contribution in [0.4, 0.5) is 0 Å².